The fourth-order valence-electron chi connectivity index (χ4n) is 0.752. The Kier molecular flexibility index (Phi) is 3.64. The molecule has 3 nitrogen and oxygen atoms in total. The molecule has 0 bridgehead atoms. The molecule has 1 heterocycles. The lowest BCUT2D eigenvalue weighted by Crippen LogP contribution is -2.28. The first-order chi connectivity index (χ1) is 6.22. The lowest BCUT2D eigenvalue weighted by Gasteiger charge is -2.11. The molecule has 13 heavy (non-hydrogen) atoms. The van der Waals surface area contributed by atoms with Gasteiger partial charge in [0.15, 0.2) is 0 Å². The average Bonchev–Trinajstić information content (AvgIpc) is 2.16. The molecule has 0 aliphatic heterocycles. The van der Waals surface area contributed by atoms with Gasteiger partial charge in [0, 0.05) is 6.04 Å². The van der Waals surface area contributed by atoms with Crippen LogP contribution >= 0.6 is 0 Å². The molecule has 0 radical (unpaired) electrons. The van der Waals surface area contributed by atoms with Gasteiger partial charge in [-0.2, -0.15) is 4.39 Å². The highest BCUT2D eigenvalue weighted by molar-refractivity contribution is 5.16. The summed E-state index contributed by atoms with van der Waals surface area (Å²) in [5.74, 6) is 0.0949. The van der Waals surface area contributed by atoms with Crippen LogP contribution in [-0.4, -0.2) is 24.7 Å². The van der Waals surface area contributed by atoms with E-state index in [4.69, 9.17) is 4.74 Å². The maximum Gasteiger partial charge on any atom is 0.213 e. The molecule has 1 atom stereocenters. The number of aromatic nitrogens is 1. The number of nitrogens with zero attached hydrogens (tertiary/aromatic N) is 1. The molecule has 0 fully saturated rings. The normalized spacial score (nSPS) is 12.5. The SMILES string of the molecule is CN[C@H](C)COc1ccc(F)nc1. The molecule has 1 N–H and O–H groups in total. The van der Waals surface area contributed by atoms with Crippen LogP contribution in [0.25, 0.3) is 0 Å². The second kappa shape index (κ2) is 4.77. The fourth-order valence-corrected chi connectivity index (χ4v) is 0.752. The van der Waals surface area contributed by atoms with E-state index in [0.717, 1.165) is 0 Å². The third kappa shape index (κ3) is 3.38. The van der Waals surface area contributed by atoms with Gasteiger partial charge in [0.25, 0.3) is 0 Å². The highest BCUT2D eigenvalue weighted by Gasteiger charge is 1.99. The molecule has 1 aromatic heterocycles. The Labute approximate surface area is 76.9 Å². The minimum absolute atomic E-state index is 0.269. The molecule has 0 amide bonds. The molecule has 1 aromatic rings. The molecule has 72 valence electrons. The molecular formula is C9H13FN2O. The van der Waals surface area contributed by atoms with E-state index < -0.39 is 5.95 Å². The lowest BCUT2D eigenvalue weighted by molar-refractivity contribution is 0.278. The quantitative estimate of drug-likeness (QED) is 0.714. The van der Waals surface area contributed by atoms with E-state index in [2.05, 4.69) is 10.3 Å². The number of pyridine rings is 1. The zero-order valence-electron chi connectivity index (χ0n) is 7.75. The maximum absolute atomic E-state index is 12.4. The predicted molar refractivity (Wildman–Crippen MR) is 48.2 cm³/mol. The molecule has 0 aromatic carbocycles. The van der Waals surface area contributed by atoms with Gasteiger partial charge in [-0.1, -0.05) is 0 Å². The number of halogens is 1. The van der Waals surface area contributed by atoms with Crippen molar-refractivity contribution in [3.8, 4) is 5.75 Å². The van der Waals surface area contributed by atoms with Crippen molar-refractivity contribution < 1.29 is 9.13 Å². The van der Waals surface area contributed by atoms with Crippen molar-refractivity contribution in [3.05, 3.63) is 24.3 Å². The van der Waals surface area contributed by atoms with E-state index in [1.807, 2.05) is 14.0 Å². The highest BCUT2D eigenvalue weighted by Crippen LogP contribution is 2.08. The summed E-state index contributed by atoms with van der Waals surface area (Å²) in [7, 11) is 1.86. The van der Waals surface area contributed by atoms with Crippen LogP contribution in [-0.2, 0) is 0 Å². The van der Waals surface area contributed by atoms with Crippen LogP contribution in [0.1, 0.15) is 6.92 Å². The summed E-state index contributed by atoms with van der Waals surface area (Å²) in [6.07, 6.45) is 1.37. The highest BCUT2D eigenvalue weighted by atomic mass is 19.1. The minimum atomic E-state index is -0.492. The van der Waals surface area contributed by atoms with Gasteiger partial charge in [-0.05, 0) is 26.1 Å². The summed E-state index contributed by atoms with van der Waals surface area (Å²) in [6.45, 7) is 2.54. The first-order valence-electron chi connectivity index (χ1n) is 4.14. The van der Waals surface area contributed by atoms with E-state index in [9.17, 15) is 4.39 Å². The molecule has 0 saturated carbocycles. The Morgan fingerprint density at radius 2 is 2.38 bits per heavy atom. The maximum atomic E-state index is 12.4. The summed E-state index contributed by atoms with van der Waals surface area (Å²) in [5.41, 5.74) is 0. The van der Waals surface area contributed by atoms with Crippen LogP contribution in [0.3, 0.4) is 0 Å². The third-order valence-corrected chi connectivity index (χ3v) is 1.69. The van der Waals surface area contributed by atoms with E-state index >= 15 is 0 Å². The molecule has 4 heteroatoms. The molecular weight excluding hydrogens is 171 g/mol. The molecule has 0 aliphatic rings. The van der Waals surface area contributed by atoms with Crippen molar-refractivity contribution in [2.24, 2.45) is 0 Å². The molecule has 0 aliphatic carbocycles. The zero-order chi connectivity index (χ0) is 9.68. The first-order valence-corrected chi connectivity index (χ1v) is 4.14. The number of ether oxygens (including phenoxy) is 1. The van der Waals surface area contributed by atoms with Gasteiger partial charge in [-0.15, -0.1) is 0 Å². The third-order valence-electron chi connectivity index (χ3n) is 1.69. The number of hydrogen-bond acceptors (Lipinski definition) is 3. The predicted octanol–water partition coefficient (Wildman–Crippen LogP) is 1.21. The molecule has 0 unspecified atom stereocenters. The minimum Gasteiger partial charge on any atom is -0.490 e. The van der Waals surface area contributed by atoms with E-state index in [-0.39, 0.29) is 6.04 Å². The van der Waals surface area contributed by atoms with Gasteiger partial charge < -0.3 is 10.1 Å². The zero-order valence-corrected chi connectivity index (χ0v) is 7.75. The van der Waals surface area contributed by atoms with Crippen molar-refractivity contribution in [1.29, 1.82) is 0 Å². The second-order valence-corrected chi connectivity index (χ2v) is 2.82. The summed E-state index contributed by atoms with van der Waals surface area (Å²) in [5, 5.41) is 3.03. The largest absolute Gasteiger partial charge is 0.490 e. The van der Waals surface area contributed by atoms with Crippen molar-refractivity contribution in [3.63, 3.8) is 0 Å². The van der Waals surface area contributed by atoms with Gasteiger partial charge in [0.1, 0.15) is 12.4 Å². The smallest absolute Gasteiger partial charge is 0.213 e. The molecule has 0 spiro atoms. The van der Waals surface area contributed by atoms with E-state index in [1.165, 1.54) is 12.3 Å². The van der Waals surface area contributed by atoms with Crippen LogP contribution in [0, 0.1) is 5.95 Å². The summed E-state index contributed by atoms with van der Waals surface area (Å²) < 4.78 is 17.7. The van der Waals surface area contributed by atoms with Crippen molar-refractivity contribution >= 4 is 0 Å². The standard InChI is InChI=1S/C9H13FN2O/c1-7(11-2)6-13-8-3-4-9(10)12-5-8/h3-5,7,11H,6H2,1-2H3/t7-/m1/s1. The van der Waals surface area contributed by atoms with Gasteiger partial charge in [0.2, 0.25) is 5.95 Å². The molecule has 1 rings (SSSR count). The molecule has 0 saturated heterocycles. The lowest BCUT2D eigenvalue weighted by atomic mass is 10.4. The Hall–Kier alpha value is -1.16. The summed E-state index contributed by atoms with van der Waals surface area (Å²) in [6, 6.07) is 3.11. The van der Waals surface area contributed by atoms with Gasteiger partial charge in [-0.25, -0.2) is 4.98 Å². The Morgan fingerprint density at radius 1 is 1.62 bits per heavy atom. The Balaban J connectivity index is 2.41. The monoisotopic (exact) mass is 184 g/mol. The van der Waals surface area contributed by atoms with Crippen LogP contribution in [0.15, 0.2) is 18.3 Å². The number of likely N-dealkylation sites (N-methyl/N-ethyl adjacent to an activating group) is 1. The fraction of sp³-hybridized carbons (Fsp3) is 0.444. The Bertz CT molecular complexity index is 250. The van der Waals surface area contributed by atoms with Gasteiger partial charge >= 0.3 is 0 Å². The van der Waals surface area contributed by atoms with Crippen LogP contribution in [0.5, 0.6) is 5.75 Å². The number of rotatable bonds is 4. The van der Waals surface area contributed by atoms with Crippen molar-refractivity contribution in [2.75, 3.05) is 13.7 Å². The average molecular weight is 184 g/mol. The summed E-state index contributed by atoms with van der Waals surface area (Å²) >= 11 is 0. The summed E-state index contributed by atoms with van der Waals surface area (Å²) in [4.78, 5) is 3.47. The van der Waals surface area contributed by atoms with E-state index in [1.54, 1.807) is 6.07 Å². The van der Waals surface area contributed by atoms with Crippen molar-refractivity contribution in [2.45, 2.75) is 13.0 Å². The Morgan fingerprint density at radius 3 is 2.92 bits per heavy atom. The number of hydrogen-bond donors (Lipinski definition) is 1. The van der Waals surface area contributed by atoms with Crippen LogP contribution in [0.4, 0.5) is 4.39 Å². The van der Waals surface area contributed by atoms with Gasteiger partial charge in [-0.3, -0.25) is 0 Å². The van der Waals surface area contributed by atoms with Crippen molar-refractivity contribution in [1.82, 2.24) is 10.3 Å². The number of nitrogens with one attached hydrogen (secondary N) is 1. The van der Waals surface area contributed by atoms with Crippen LogP contribution in [0.2, 0.25) is 0 Å². The first kappa shape index (κ1) is 9.92. The topological polar surface area (TPSA) is 34.1 Å². The van der Waals surface area contributed by atoms with Crippen LogP contribution < -0.4 is 10.1 Å². The second-order valence-electron chi connectivity index (χ2n) is 2.82. The van der Waals surface area contributed by atoms with Gasteiger partial charge in [0.05, 0.1) is 6.20 Å². The van der Waals surface area contributed by atoms with E-state index in [0.29, 0.717) is 12.4 Å².